The summed E-state index contributed by atoms with van der Waals surface area (Å²) in [7, 11) is -2.93. The highest BCUT2D eigenvalue weighted by Gasteiger charge is 2.24. The van der Waals surface area contributed by atoms with Crippen LogP contribution >= 0.6 is 0 Å². The second kappa shape index (κ2) is 7.83. The highest BCUT2D eigenvalue weighted by molar-refractivity contribution is 7.91. The van der Waals surface area contributed by atoms with Gasteiger partial charge in [0.05, 0.1) is 16.7 Å². The number of para-hydroxylation sites is 1. The molecule has 1 saturated heterocycles. The Balaban J connectivity index is 1.51. The maximum Gasteiger partial charge on any atom is 0.184 e. The number of nitrogens with zero attached hydrogens (tertiary/aromatic N) is 2. The summed E-state index contributed by atoms with van der Waals surface area (Å²) in [5.74, 6) is 1.96. The molecule has 7 heteroatoms. The summed E-state index contributed by atoms with van der Waals surface area (Å²) in [4.78, 5) is 4.67. The van der Waals surface area contributed by atoms with E-state index in [1.54, 1.807) is 13.8 Å². The maximum absolute atomic E-state index is 11.9. The minimum absolute atomic E-state index is 0.280. The van der Waals surface area contributed by atoms with E-state index in [2.05, 4.69) is 15.9 Å². The number of hydrogen-bond acceptors (Lipinski definition) is 6. The molecule has 2 aliphatic heterocycles. The normalized spacial score (nSPS) is 18.6. The molecular formula is C18H28N2O4S. The molecule has 0 amide bonds. The average molecular weight is 368 g/mol. The molecule has 0 atom stereocenters. The van der Waals surface area contributed by atoms with E-state index in [-0.39, 0.29) is 11.0 Å². The minimum atomic E-state index is -2.93. The summed E-state index contributed by atoms with van der Waals surface area (Å²) >= 11 is 0. The predicted octanol–water partition coefficient (Wildman–Crippen LogP) is 1.79. The van der Waals surface area contributed by atoms with Gasteiger partial charge in [-0.05, 0) is 38.9 Å². The lowest BCUT2D eigenvalue weighted by Crippen LogP contribution is -2.47. The Morgan fingerprint density at radius 1 is 1.08 bits per heavy atom. The number of fused-ring (bicyclic) bond motifs is 1. The number of ether oxygens (including phenoxy) is 2. The van der Waals surface area contributed by atoms with E-state index >= 15 is 0 Å². The lowest BCUT2D eigenvalue weighted by atomic mass is 10.2. The van der Waals surface area contributed by atoms with Gasteiger partial charge in [-0.1, -0.05) is 6.07 Å². The topological polar surface area (TPSA) is 59.1 Å². The molecule has 0 radical (unpaired) electrons. The van der Waals surface area contributed by atoms with Crippen LogP contribution in [-0.4, -0.2) is 70.3 Å². The first-order chi connectivity index (χ1) is 12.0. The van der Waals surface area contributed by atoms with Gasteiger partial charge in [0.2, 0.25) is 0 Å². The Morgan fingerprint density at radius 2 is 1.80 bits per heavy atom. The van der Waals surface area contributed by atoms with Gasteiger partial charge in [0.25, 0.3) is 0 Å². The second-order valence-corrected chi connectivity index (χ2v) is 9.58. The lowest BCUT2D eigenvalue weighted by molar-refractivity contribution is 0.171. The molecule has 0 N–H and O–H groups in total. The quantitative estimate of drug-likeness (QED) is 0.763. The van der Waals surface area contributed by atoms with E-state index in [1.807, 2.05) is 12.1 Å². The zero-order valence-electron chi connectivity index (χ0n) is 15.1. The number of rotatable bonds is 6. The average Bonchev–Trinajstić information content (AvgIpc) is 2.61. The zero-order valence-corrected chi connectivity index (χ0v) is 15.9. The Hall–Kier alpha value is -1.47. The first-order valence-electron chi connectivity index (χ1n) is 9.05. The van der Waals surface area contributed by atoms with E-state index in [4.69, 9.17) is 9.47 Å². The van der Waals surface area contributed by atoms with Crippen LogP contribution < -0.4 is 14.4 Å². The molecule has 2 aliphatic rings. The van der Waals surface area contributed by atoms with Crippen molar-refractivity contribution in [3.05, 3.63) is 18.2 Å². The number of hydrogen-bond donors (Lipinski definition) is 0. The molecule has 1 aromatic rings. The number of sulfone groups is 1. The highest BCUT2D eigenvalue weighted by atomic mass is 32.2. The van der Waals surface area contributed by atoms with Crippen molar-refractivity contribution < 1.29 is 17.9 Å². The number of piperazine rings is 1. The van der Waals surface area contributed by atoms with Gasteiger partial charge >= 0.3 is 0 Å². The SMILES string of the molecule is CC(C)S(=O)(=O)CCCN1CCN(c2cccc3c2OCCO3)CC1. The van der Waals surface area contributed by atoms with E-state index in [9.17, 15) is 8.42 Å². The van der Waals surface area contributed by atoms with Crippen LogP contribution in [0.3, 0.4) is 0 Å². The van der Waals surface area contributed by atoms with E-state index < -0.39 is 9.84 Å². The number of benzene rings is 1. The van der Waals surface area contributed by atoms with Crippen LogP contribution in [0.15, 0.2) is 18.2 Å². The fourth-order valence-corrected chi connectivity index (χ4v) is 4.25. The van der Waals surface area contributed by atoms with Gasteiger partial charge in [0.1, 0.15) is 13.2 Å². The molecule has 0 spiro atoms. The number of anilines is 1. The Morgan fingerprint density at radius 3 is 2.52 bits per heavy atom. The van der Waals surface area contributed by atoms with Crippen molar-refractivity contribution >= 4 is 15.5 Å². The molecule has 1 aromatic carbocycles. The van der Waals surface area contributed by atoms with Crippen molar-refractivity contribution in [2.24, 2.45) is 0 Å². The van der Waals surface area contributed by atoms with Crippen molar-refractivity contribution in [2.45, 2.75) is 25.5 Å². The molecular weight excluding hydrogens is 340 g/mol. The van der Waals surface area contributed by atoms with Gasteiger partial charge in [-0.25, -0.2) is 8.42 Å². The largest absolute Gasteiger partial charge is 0.486 e. The predicted molar refractivity (Wildman–Crippen MR) is 99.6 cm³/mol. The van der Waals surface area contributed by atoms with Crippen molar-refractivity contribution in [1.82, 2.24) is 4.90 Å². The highest BCUT2D eigenvalue weighted by Crippen LogP contribution is 2.39. The van der Waals surface area contributed by atoms with Crippen LogP contribution in [0.4, 0.5) is 5.69 Å². The van der Waals surface area contributed by atoms with Crippen LogP contribution in [0.2, 0.25) is 0 Å². The molecule has 1 fully saturated rings. The van der Waals surface area contributed by atoms with Gasteiger partial charge in [0, 0.05) is 26.2 Å². The van der Waals surface area contributed by atoms with E-state index in [0.29, 0.717) is 19.6 Å². The van der Waals surface area contributed by atoms with Gasteiger partial charge in [0.15, 0.2) is 21.3 Å². The van der Waals surface area contributed by atoms with Crippen LogP contribution in [0.1, 0.15) is 20.3 Å². The van der Waals surface area contributed by atoms with Crippen molar-refractivity contribution in [2.75, 3.05) is 56.6 Å². The van der Waals surface area contributed by atoms with Gasteiger partial charge in [-0.2, -0.15) is 0 Å². The molecule has 0 aromatic heterocycles. The molecule has 6 nitrogen and oxygen atoms in total. The summed E-state index contributed by atoms with van der Waals surface area (Å²) in [6.45, 7) is 9.23. The third kappa shape index (κ3) is 4.39. The Bertz CT molecular complexity index is 682. The summed E-state index contributed by atoms with van der Waals surface area (Å²) in [6, 6.07) is 6.04. The fourth-order valence-electron chi connectivity index (χ4n) is 3.24. The standard InChI is InChI=1S/C18H28N2O4S/c1-15(2)25(21,22)14-4-7-19-8-10-20(11-9-19)16-5-3-6-17-18(16)24-13-12-23-17/h3,5-6,15H,4,7-14H2,1-2H3. The van der Waals surface area contributed by atoms with Crippen LogP contribution in [0.25, 0.3) is 0 Å². The first kappa shape index (κ1) is 18.3. The lowest BCUT2D eigenvalue weighted by Gasteiger charge is -2.37. The molecule has 25 heavy (non-hydrogen) atoms. The molecule has 0 aliphatic carbocycles. The van der Waals surface area contributed by atoms with Crippen molar-refractivity contribution in [1.29, 1.82) is 0 Å². The van der Waals surface area contributed by atoms with Crippen molar-refractivity contribution in [3.8, 4) is 11.5 Å². The van der Waals surface area contributed by atoms with Gasteiger partial charge < -0.3 is 14.4 Å². The minimum Gasteiger partial charge on any atom is -0.486 e. The van der Waals surface area contributed by atoms with E-state index in [0.717, 1.165) is 49.9 Å². The third-order valence-corrected chi connectivity index (χ3v) is 7.17. The smallest absolute Gasteiger partial charge is 0.184 e. The summed E-state index contributed by atoms with van der Waals surface area (Å²) < 4.78 is 35.3. The van der Waals surface area contributed by atoms with E-state index in [1.165, 1.54) is 0 Å². The summed E-state index contributed by atoms with van der Waals surface area (Å²) in [6.07, 6.45) is 0.707. The zero-order chi connectivity index (χ0) is 17.9. The molecule has 0 bridgehead atoms. The van der Waals surface area contributed by atoms with Crippen LogP contribution in [0.5, 0.6) is 11.5 Å². The fraction of sp³-hybridized carbons (Fsp3) is 0.667. The summed E-state index contributed by atoms with van der Waals surface area (Å²) in [5, 5.41) is -0.282. The third-order valence-electron chi connectivity index (χ3n) is 4.88. The van der Waals surface area contributed by atoms with Gasteiger partial charge in [-0.15, -0.1) is 0 Å². The molecule has 140 valence electrons. The second-order valence-electron chi connectivity index (χ2n) is 6.90. The monoisotopic (exact) mass is 368 g/mol. The van der Waals surface area contributed by atoms with Crippen molar-refractivity contribution in [3.63, 3.8) is 0 Å². The first-order valence-corrected chi connectivity index (χ1v) is 10.8. The molecule has 0 saturated carbocycles. The molecule has 2 heterocycles. The van der Waals surface area contributed by atoms with Crippen LogP contribution in [0, 0.1) is 0 Å². The Labute approximate surface area is 150 Å². The summed E-state index contributed by atoms with van der Waals surface area (Å²) in [5.41, 5.74) is 1.10. The Kier molecular flexibility index (Phi) is 5.74. The molecule has 3 rings (SSSR count). The maximum atomic E-state index is 11.9. The molecule has 0 unspecified atom stereocenters. The van der Waals surface area contributed by atoms with Gasteiger partial charge in [-0.3, -0.25) is 4.90 Å². The van der Waals surface area contributed by atoms with Crippen LogP contribution in [-0.2, 0) is 9.84 Å².